The Labute approximate surface area is 203 Å². The van der Waals surface area contributed by atoms with Gasteiger partial charge in [-0.05, 0) is 66.4 Å². The number of rotatable bonds is 8. The maximum absolute atomic E-state index is 13.2. The SMILES string of the molecule is Cc1cccc(CN(C(=O)COc2ccc(Cl)cc2Br)C(C)C(=O)NC2CCCCC2)c1. The van der Waals surface area contributed by atoms with Gasteiger partial charge in [0.25, 0.3) is 5.91 Å². The van der Waals surface area contributed by atoms with Crippen LogP contribution in [0.1, 0.15) is 50.2 Å². The predicted octanol–water partition coefficient (Wildman–Crippen LogP) is 5.66. The first kappa shape index (κ1) is 24.6. The number of amides is 2. The predicted molar refractivity (Wildman–Crippen MR) is 131 cm³/mol. The van der Waals surface area contributed by atoms with Gasteiger partial charge in [0.15, 0.2) is 6.61 Å². The second-order valence-electron chi connectivity index (χ2n) is 8.39. The van der Waals surface area contributed by atoms with Crippen LogP contribution in [-0.4, -0.2) is 35.4 Å². The number of carbonyl (C=O) groups excluding carboxylic acids is 2. The van der Waals surface area contributed by atoms with Gasteiger partial charge in [-0.25, -0.2) is 0 Å². The van der Waals surface area contributed by atoms with Gasteiger partial charge in [0, 0.05) is 17.6 Å². The molecule has 172 valence electrons. The van der Waals surface area contributed by atoms with Crippen LogP contribution in [0.2, 0.25) is 5.02 Å². The van der Waals surface area contributed by atoms with Gasteiger partial charge in [-0.3, -0.25) is 9.59 Å². The first-order valence-electron chi connectivity index (χ1n) is 11.1. The van der Waals surface area contributed by atoms with E-state index in [0.29, 0.717) is 21.8 Å². The number of hydrogen-bond acceptors (Lipinski definition) is 3. The Morgan fingerprint density at radius 1 is 1.19 bits per heavy atom. The normalized spacial score (nSPS) is 15.1. The maximum atomic E-state index is 13.2. The fourth-order valence-electron chi connectivity index (χ4n) is 3.97. The van der Waals surface area contributed by atoms with E-state index in [4.69, 9.17) is 16.3 Å². The highest BCUT2D eigenvalue weighted by molar-refractivity contribution is 9.10. The van der Waals surface area contributed by atoms with Crippen molar-refractivity contribution in [3.05, 3.63) is 63.1 Å². The van der Waals surface area contributed by atoms with E-state index < -0.39 is 6.04 Å². The number of halogens is 2. The average molecular weight is 522 g/mol. The van der Waals surface area contributed by atoms with Gasteiger partial charge in [0.2, 0.25) is 5.91 Å². The summed E-state index contributed by atoms with van der Waals surface area (Å²) in [7, 11) is 0. The topological polar surface area (TPSA) is 58.6 Å². The molecule has 1 aliphatic carbocycles. The van der Waals surface area contributed by atoms with Crippen molar-refractivity contribution >= 4 is 39.3 Å². The zero-order valence-corrected chi connectivity index (χ0v) is 20.9. The molecule has 0 heterocycles. The largest absolute Gasteiger partial charge is 0.483 e. The van der Waals surface area contributed by atoms with Gasteiger partial charge in [-0.15, -0.1) is 0 Å². The summed E-state index contributed by atoms with van der Waals surface area (Å²) < 4.78 is 6.42. The Kier molecular flexibility index (Phi) is 9.00. The molecule has 0 saturated heterocycles. The summed E-state index contributed by atoms with van der Waals surface area (Å²) in [4.78, 5) is 27.8. The van der Waals surface area contributed by atoms with Gasteiger partial charge in [-0.1, -0.05) is 60.7 Å². The quantitative estimate of drug-likeness (QED) is 0.488. The second kappa shape index (κ2) is 11.7. The Morgan fingerprint density at radius 3 is 2.62 bits per heavy atom. The molecule has 3 rings (SSSR count). The fraction of sp³-hybridized carbons (Fsp3) is 0.440. The third-order valence-electron chi connectivity index (χ3n) is 5.80. The summed E-state index contributed by atoms with van der Waals surface area (Å²) in [5, 5.41) is 3.72. The van der Waals surface area contributed by atoms with Gasteiger partial charge >= 0.3 is 0 Å². The molecule has 0 aliphatic heterocycles. The Morgan fingerprint density at radius 2 is 1.94 bits per heavy atom. The maximum Gasteiger partial charge on any atom is 0.261 e. The molecule has 2 aromatic rings. The molecular weight excluding hydrogens is 492 g/mol. The van der Waals surface area contributed by atoms with E-state index in [-0.39, 0.29) is 24.5 Å². The Hall–Kier alpha value is -2.05. The minimum atomic E-state index is -0.609. The smallest absolute Gasteiger partial charge is 0.261 e. The van der Waals surface area contributed by atoms with Crippen LogP contribution >= 0.6 is 27.5 Å². The minimum absolute atomic E-state index is 0.120. The van der Waals surface area contributed by atoms with Crippen LogP contribution in [0.5, 0.6) is 5.75 Å². The van der Waals surface area contributed by atoms with E-state index in [0.717, 1.165) is 36.8 Å². The first-order valence-corrected chi connectivity index (χ1v) is 12.2. The summed E-state index contributed by atoms with van der Waals surface area (Å²) in [6.07, 6.45) is 5.48. The van der Waals surface area contributed by atoms with Crippen LogP contribution in [0.3, 0.4) is 0 Å². The lowest BCUT2D eigenvalue weighted by atomic mass is 9.95. The fourth-order valence-corrected chi connectivity index (χ4v) is 4.77. The summed E-state index contributed by atoms with van der Waals surface area (Å²) in [5.41, 5.74) is 2.08. The molecule has 5 nitrogen and oxygen atoms in total. The van der Waals surface area contributed by atoms with Crippen molar-refractivity contribution in [3.63, 3.8) is 0 Å². The Balaban J connectivity index is 1.72. The van der Waals surface area contributed by atoms with E-state index >= 15 is 0 Å². The molecule has 0 spiro atoms. The molecule has 1 atom stereocenters. The van der Waals surface area contributed by atoms with E-state index in [2.05, 4.69) is 21.2 Å². The van der Waals surface area contributed by atoms with Crippen LogP contribution in [0.25, 0.3) is 0 Å². The summed E-state index contributed by atoms with van der Waals surface area (Å²) in [5.74, 6) is 0.155. The van der Waals surface area contributed by atoms with Crippen LogP contribution in [0.15, 0.2) is 46.9 Å². The number of aryl methyl sites for hydroxylation is 1. The molecule has 0 aromatic heterocycles. The number of ether oxygens (including phenoxy) is 1. The van der Waals surface area contributed by atoms with Crippen LogP contribution in [0, 0.1) is 6.92 Å². The van der Waals surface area contributed by atoms with Gasteiger partial charge in [0.1, 0.15) is 11.8 Å². The lowest BCUT2D eigenvalue weighted by Crippen LogP contribution is -2.51. The van der Waals surface area contributed by atoms with Crippen molar-refractivity contribution in [1.29, 1.82) is 0 Å². The van der Waals surface area contributed by atoms with Crippen LogP contribution in [0.4, 0.5) is 0 Å². The molecule has 1 N–H and O–H groups in total. The molecule has 2 aromatic carbocycles. The van der Waals surface area contributed by atoms with Crippen molar-refractivity contribution in [2.75, 3.05) is 6.61 Å². The van der Waals surface area contributed by atoms with Crippen molar-refractivity contribution < 1.29 is 14.3 Å². The van der Waals surface area contributed by atoms with Gasteiger partial charge < -0.3 is 15.0 Å². The highest BCUT2D eigenvalue weighted by atomic mass is 79.9. The average Bonchev–Trinajstić information content (AvgIpc) is 2.77. The van der Waals surface area contributed by atoms with Crippen molar-refractivity contribution in [3.8, 4) is 5.75 Å². The van der Waals surface area contributed by atoms with Crippen molar-refractivity contribution in [2.24, 2.45) is 0 Å². The lowest BCUT2D eigenvalue weighted by Gasteiger charge is -2.31. The van der Waals surface area contributed by atoms with Gasteiger partial charge in [-0.2, -0.15) is 0 Å². The number of benzene rings is 2. The molecule has 32 heavy (non-hydrogen) atoms. The molecule has 1 saturated carbocycles. The lowest BCUT2D eigenvalue weighted by molar-refractivity contribution is -0.142. The molecule has 0 radical (unpaired) electrons. The monoisotopic (exact) mass is 520 g/mol. The van der Waals surface area contributed by atoms with Crippen LogP contribution < -0.4 is 10.1 Å². The number of carbonyl (C=O) groups is 2. The number of hydrogen-bond donors (Lipinski definition) is 1. The van der Waals surface area contributed by atoms with Crippen molar-refractivity contribution in [1.82, 2.24) is 10.2 Å². The third kappa shape index (κ3) is 6.97. The number of nitrogens with one attached hydrogen (secondary N) is 1. The molecule has 1 aliphatic rings. The summed E-state index contributed by atoms with van der Waals surface area (Å²) in [6.45, 7) is 3.96. The van der Waals surface area contributed by atoms with Crippen molar-refractivity contribution in [2.45, 2.75) is 64.6 Å². The Bertz CT molecular complexity index is 947. The highest BCUT2D eigenvalue weighted by Gasteiger charge is 2.28. The first-order chi connectivity index (χ1) is 15.3. The standard InChI is InChI=1S/C25H30BrClN2O3/c1-17-7-6-8-19(13-17)15-29(18(2)25(31)28-21-9-4-3-5-10-21)24(30)16-32-23-12-11-20(27)14-22(23)26/h6-8,11-14,18,21H,3-5,9-10,15-16H2,1-2H3,(H,28,31). The molecule has 1 fully saturated rings. The van der Waals surface area contributed by atoms with E-state index in [1.54, 1.807) is 30.0 Å². The van der Waals surface area contributed by atoms with E-state index in [9.17, 15) is 9.59 Å². The molecule has 0 bridgehead atoms. The zero-order valence-electron chi connectivity index (χ0n) is 18.6. The van der Waals surface area contributed by atoms with Crippen LogP contribution in [-0.2, 0) is 16.1 Å². The third-order valence-corrected chi connectivity index (χ3v) is 6.65. The second-order valence-corrected chi connectivity index (χ2v) is 9.68. The molecular formula is C25H30BrClN2O3. The van der Waals surface area contributed by atoms with Gasteiger partial charge in [0.05, 0.1) is 4.47 Å². The zero-order chi connectivity index (χ0) is 23.1. The number of nitrogens with zero attached hydrogens (tertiary/aromatic N) is 1. The highest BCUT2D eigenvalue weighted by Crippen LogP contribution is 2.28. The molecule has 2 amide bonds. The molecule has 1 unspecified atom stereocenters. The summed E-state index contributed by atoms with van der Waals surface area (Å²) in [6, 6.07) is 12.7. The molecule has 7 heteroatoms. The van der Waals surface area contributed by atoms with E-state index in [1.165, 1.54) is 6.42 Å². The van der Waals surface area contributed by atoms with E-state index in [1.807, 2.05) is 31.2 Å². The minimum Gasteiger partial charge on any atom is -0.483 e. The summed E-state index contributed by atoms with van der Waals surface area (Å²) >= 11 is 9.39.